The first-order valence-electron chi connectivity index (χ1n) is 8.35. The van der Waals surface area contributed by atoms with E-state index in [1.807, 2.05) is 60.7 Å². The fourth-order valence-electron chi connectivity index (χ4n) is 2.70. The van der Waals surface area contributed by atoms with Gasteiger partial charge in [-0.25, -0.2) is 0 Å². The Kier molecular flexibility index (Phi) is 7.16. The predicted octanol–water partition coefficient (Wildman–Crippen LogP) is 1.75. The van der Waals surface area contributed by atoms with Gasteiger partial charge >= 0.3 is 0 Å². The van der Waals surface area contributed by atoms with E-state index in [1.54, 1.807) is 4.90 Å². The first-order valence-corrected chi connectivity index (χ1v) is 8.35. The molecule has 5 nitrogen and oxygen atoms in total. The Morgan fingerprint density at radius 1 is 1.00 bits per heavy atom. The van der Waals surface area contributed by atoms with Gasteiger partial charge in [0.2, 0.25) is 11.8 Å². The maximum atomic E-state index is 12.6. The molecule has 2 rings (SSSR count). The fraction of sp³-hybridized carbons (Fsp3) is 0.300. The highest BCUT2D eigenvalue weighted by atomic mass is 16.3. The lowest BCUT2D eigenvalue weighted by Crippen LogP contribution is -2.50. The number of amides is 2. The van der Waals surface area contributed by atoms with E-state index >= 15 is 0 Å². The zero-order valence-electron chi connectivity index (χ0n) is 14.4. The molecule has 2 amide bonds. The summed E-state index contributed by atoms with van der Waals surface area (Å²) in [7, 11) is 0. The van der Waals surface area contributed by atoms with Crippen LogP contribution in [-0.4, -0.2) is 41.0 Å². The van der Waals surface area contributed by atoms with Crippen LogP contribution in [0.25, 0.3) is 0 Å². The van der Waals surface area contributed by atoms with Crippen molar-refractivity contribution in [3.63, 3.8) is 0 Å². The molecule has 0 aliphatic heterocycles. The number of hydrogen-bond acceptors (Lipinski definition) is 3. The van der Waals surface area contributed by atoms with Gasteiger partial charge in [0.1, 0.15) is 6.04 Å². The van der Waals surface area contributed by atoms with Crippen LogP contribution in [0.2, 0.25) is 0 Å². The lowest BCUT2D eigenvalue weighted by molar-refractivity contribution is -0.139. The number of carbonyl (C=O) groups excluding carboxylic acids is 2. The summed E-state index contributed by atoms with van der Waals surface area (Å²) in [4.78, 5) is 26.5. The number of hydrogen-bond donors (Lipinski definition) is 2. The minimum atomic E-state index is -0.633. The van der Waals surface area contributed by atoms with Crippen LogP contribution in [0.1, 0.15) is 18.1 Å². The summed E-state index contributed by atoms with van der Waals surface area (Å²) >= 11 is 0. The second-order valence-electron chi connectivity index (χ2n) is 5.85. The number of benzene rings is 2. The molecule has 2 aromatic rings. The van der Waals surface area contributed by atoms with E-state index in [1.165, 1.54) is 6.92 Å². The summed E-state index contributed by atoms with van der Waals surface area (Å²) < 4.78 is 0. The Bertz CT molecular complexity index is 674. The van der Waals surface area contributed by atoms with Crippen LogP contribution in [0.15, 0.2) is 60.7 Å². The van der Waals surface area contributed by atoms with Crippen molar-refractivity contribution in [3.8, 4) is 0 Å². The van der Waals surface area contributed by atoms with Crippen LogP contribution in [-0.2, 0) is 22.6 Å². The third-order valence-corrected chi connectivity index (χ3v) is 3.96. The summed E-state index contributed by atoms with van der Waals surface area (Å²) in [5, 5.41) is 11.7. The average Bonchev–Trinajstić information content (AvgIpc) is 2.64. The smallest absolute Gasteiger partial charge is 0.243 e. The molecular formula is C20H24N2O3. The Balaban J connectivity index is 2.25. The maximum Gasteiger partial charge on any atom is 0.243 e. The van der Waals surface area contributed by atoms with Crippen molar-refractivity contribution >= 4 is 11.8 Å². The van der Waals surface area contributed by atoms with E-state index in [-0.39, 0.29) is 25.0 Å². The number of carbonyl (C=O) groups is 2. The summed E-state index contributed by atoms with van der Waals surface area (Å²) in [5.41, 5.74) is 1.94. The molecule has 0 saturated heterocycles. The highest BCUT2D eigenvalue weighted by molar-refractivity contribution is 5.87. The van der Waals surface area contributed by atoms with Crippen LogP contribution in [0.3, 0.4) is 0 Å². The molecule has 0 heterocycles. The second-order valence-corrected chi connectivity index (χ2v) is 5.85. The summed E-state index contributed by atoms with van der Waals surface area (Å²) in [6.45, 7) is 1.87. The van der Waals surface area contributed by atoms with Gasteiger partial charge < -0.3 is 15.3 Å². The molecule has 0 aliphatic carbocycles. The molecule has 0 fully saturated rings. The van der Waals surface area contributed by atoms with Gasteiger partial charge in [-0.05, 0) is 11.1 Å². The van der Waals surface area contributed by atoms with Gasteiger partial charge in [-0.2, -0.15) is 0 Å². The molecule has 0 unspecified atom stereocenters. The lowest BCUT2D eigenvalue weighted by Gasteiger charge is -2.30. The van der Waals surface area contributed by atoms with Gasteiger partial charge in [0.15, 0.2) is 0 Å². The van der Waals surface area contributed by atoms with Crippen molar-refractivity contribution in [1.82, 2.24) is 10.2 Å². The van der Waals surface area contributed by atoms with Crippen molar-refractivity contribution in [1.29, 1.82) is 0 Å². The van der Waals surface area contributed by atoms with E-state index in [0.717, 1.165) is 11.1 Å². The van der Waals surface area contributed by atoms with Crippen LogP contribution in [0.5, 0.6) is 0 Å². The lowest BCUT2D eigenvalue weighted by atomic mass is 10.0. The third kappa shape index (κ3) is 5.72. The van der Waals surface area contributed by atoms with Crippen LogP contribution in [0.4, 0.5) is 0 Å². The predicted molar refractivity (Wildman–Crippen MR) is 96.7 cm³/mol. The van der Waals surface area contributed by atoms with Gasteiger partial charge in [-0.15, -0.1) is 0 Å². The molecule has 0 saturated carbocycles. The largest absolute Gasteiger partial charge is 0.395 e. The fourth-order valence-corrected chi connectivity index (χ4v) is 2.70. The summed E-state index contributed by atoms with van der Waals surface area (Å²) in [6.07, 6.45) is 0.421. The minimum absolute atomic E-state index is 0.136. The van der Waals surface area contributed by atoms with E-state index < -0.39 is 6.04 Å². The van der Waals surface area contributed by atoms with Gasteiger partial charge in [-0.3, -0.25) is 9.59 Å². The van der Waals surface area contributed by atoms with E-state index in [9.17, 15) is 9.59 Å². The average molecular weight is 340 g/mol. The van der Waals surface area contributed by atoms with Crippen molar-refractivity contribution in [2.45, 2.75) is 25.9 Å². The standard InChI is InChI=1S/C20H24N2O3/c1-16(24)22(15-18-10-6-3-7-11-18)19(20(25)21-12-13-23)14-17-8-4-2-5-9-17/h2-11,19,23H,12-15H2,1H3,(H,21,25)/t19-/m0/s1. The summed E-state index contributed by atoms with van der Waals surface area (Å²) in [6, 6.07) is 18.6. The Morgan fingerprint density at radius 3 is 2.08 bits per heavy atom. The SMILES string of the molecule is CC(=O)N(Cc1ccccc1)[C@@H](Cc1ccccc1)C(=O)NCCO. The Labute approximate surface area is 148 Å². The number of nitrogens with zero attached hydrogens (tertiary/aromatic N) is 1. The van der Waals surface area contributed by atoms with Crippen molar-refractivity contribution in [3.05, 3.63) is 71.8 Å². The number of nitrogens with one attached hydrogen (secondary N) is 1. The van der Waals surface area contributed by atoms with Crippen molar-refractivity contribution < 1.29 is 14.7 Å². The van der Waals surface area contributed by atoms with Gasteiger partial charge in [0, 0.05) is 26.4 Å². The molecule has 25 heavy (non-hydrogen) atoms. The second kappa shape index (κ2) is 9.59. The number of aliphatic hydroxyl groups excluding tert-OH is 1. The van der Waals surface area contributed by atoms with E-state index in [4.69, 9.17) is 5.11 Å². The van der Waals surface area contributed by atoms with Gasteiger partial charge in [0.25, 0.3) is 0 Å². The molecule has 1 atom stereocenters. The van der Waals surface area contributed by atoms with Crippen LogP contribution in [0, 0.1) is 0 Å². The first-order chi connectivity index (χ1) is 12.1. The Morgan fingerprint density at radius 2 is 1.56 bits per heavy atom. The van der Waals surface area contributed by atoms with Crippen molar-refractivity contribution in [2.75, 3.05) is 13.2 Å². The zero-order chi connectivity index (χ0) is 18.1. The highest BCUT2D eigenvalue weighted by Gasteiger charge is 2.28. The highest BCUT2D eigenvalue weighted by Crippen LogP contribution is 2.14. The molecule has 2 aromatic carbocycles. The van der Waals surface area contributed by atoms with Crippen LogP contribution >= 0.6 is 0 Å². The van der Waals surface area contributed by atoms with Gasteiger partial charge in [-0.1, -0.05) is 60.7 Å². The van der Waals surface area contributed by atoms with E-state index in [2.05, 4.69) is 5.32 Å². The molecule has 0 radical (unpaired) electrons. The molecule has 0 bridgehead atoms. The summed E-state index contributed by atoms with van der Waals surface area (Å²) in [5.74, 6) is -0.423. The number of rotatable bonds is 8. The zero-order valence-corrected chi connectivity index (χ0v) is 14.4. The Hall–Kier alpha value is -2.66. The first kappa shape index (κ1) is 18.7. The molecular weight excluding hydrogens is 316 g/mol. The van der Waals surface area contributed by atoms with Crippen molar-refractivity contribution in [2.24, 2.45) is 0 Å². The minimum Gasteiger partial charge on any atom is -0.395 e. The topological polar surface area (TPSA) is 69.6 Å². The quantitative estimate of drug-likeness (QED) is 0.769. The molecule has 5 heteroatoms. The molecule has 0 aliphatic rings. The van der Waals surface area contributed by atoms with E-state index in [0.29, 0.717) is 13.0 Å². The van der Waals surface area contributed by atoms with Gasteiger partial charge in [0.05, 0.1) is 6.61 Å². The maximum absolute atomic E-state index is 12.6. The molecule has 0 spiro atoms. The monoisotopic (exact) mass is 340 g/mol. The molecule has 132 valence electrons. The molecule has 2 N–H and O–H groups in total. The van der Waals surface area contributed by atoms with Crippen LogP contribution < -0.4 is 5.32 Å². The normalized spacial score (nSPS) is 11.6. The number of aliphatic hydroxyl groups is 1. The third-order valence-electron chi connectivity index (χ3n) is 3.96. The molecule has 0 aromatic heterocycles.